The monoisotopic (exact) mass is 294 g/mol. The molecule has 1 amide bonds. The van der Waals surface area contributed by atoms with Gasteiger partial charge in [0.15, 0.2) is 0 Å². The minimum absolute atomic E-state index is 0.207. The SMILES string of the molecule is C=CCNC(=O)c1ccnc(N2CCc3ccccc3C2)n1. The first-order valence-electron chi connectivity index (χ1n) is 7.32. The molecule has 0 fully saturated rings. The molecule has 0 aliphatic carbocycles. The van der Waals surface area contributed by atoms with Gasteiger partial charge >= 0.3 is 0 Å². The summed E-state index contributed by atoms with van der Waals surface area (Å²) >= 11 is 0. The van der Waals surface area contributed by atoms with Gasteiger partial charge in [-0.3, -0.25) is 4.79 Å². The zero-order chi connectivity index (χ0) is 15.4. The van der Waals surface area contributed by atoms with E-state index in [4.69, 9.17) is 0 Å². The number of aromatic nitrogens is 2. The molecule has 0 radical (unpaired) electrons. The molecule has 5 nitrogen and oxygen atoms in total. The number of nitrogens with one attached hydrogen (secondary N) is 1. The standard InChI is InChI=1S/C17H18N4O/c1-2-9-18-16(22)15-7-10-19-17(20-15)21-11-8-13-5-3-4-6-14(13)12-21/h2-7,10H,1,8-9,11-12H2,(H,18,22). The van der Waals surface area contributed by atoms with Crippen molar-refractivity contribution < 1.29 is 4.79 Å². The molecule has 1 aromatic carbocycles. The van der Waals surface area contributed by atoms with Crippen LogP contribution in [0.5, 0.6) is 0 Å². The number of rotatable bonds is 4. The zero-order valence-corrected chi connectivity index (χ0v) is 12.3. The summed E-state index contributed by atoms with van der Waals surface area (Å²) in [7, 11) is 0. The van der Waals surface area contributed by atoms with Crippen LogP contribution in [-0.2, 0) is 13.0 Å². The van der Waals surface area contributed by atoms with Gasteiger partial charge in [-0.05, 0) is 23.6 Å². The number of hydrogen-bond acceptors (Lipinski definition) is 4. The van der Waals surface area contributed by atoms with Gasteiger partial charge in [0.25, 0.3) is 5.91 Å². The van der Waals surface area contributed by atoms with Crippen molar-refractivity contribution in [1.82, 2.24) is 15.3 Å². The Hall–Kier alpha value is -2.69. The van der Waals surface area contributed by atoms with Gasteiger partial charge in [0, 0.05) is 25.8 Å². The van der Waals surface area contributed by atoms with Crippen LogP contribution in [-0.4, -0.2) is 29.0 Å². The van der Waals surface area contributed by atoms with Crippen molar-refractivity contribution in [3.05, 3.63) is 66.0 Å². The number of benzene rings is 1. The molecule has 3 rings (SSSR count). The van der Waals surface area contributed by atoms with Crippen molar-refractivity contribution >= 4 is 11.9 Å². The number of amides is 1. The molecule has 0 atom stereocenters. The molecule has 0 saturated carbocycles. The Bertz CT molecular complexity index is 699. The fraction of sp³-hybridized carbons (Fsp3) is 0.235. The number of hydrogen-bond donors (Lipinski definition) is 1. The molecule has 1 aromatic heterocycles. The highest BCUT2D eigenvalue weighted by Gasteiger charge is 2.19. The van der Waals surface area contributed by atoms with Gasteiger partial charge in [0.05, 0.1) is 0 Å². The molecular weight excluding hydrogens is 276 g/mol. The molecule has 0 unspecified atom stereocenters. The van der Waals surface area contributed by atoms with E-state index in [9.17, 15) is 4.79 Å². The lowest BCUT2D eigenvalue weighted by Crippen LogP contribution is -2.32. The Labute approximate surface area is 129 Å². The van der Waals surface area contributed by atoms with Crippen molar-refractivity contribution in [1.29, 1.82) is 0 Å². The normalized spacial score (nSPS) is 13.4. The van der Waals surface area contributed by atoms with Gasteiger partial charge in [-0.15, -0.1) is 6.58 Å². The van der Waals surface area contributed by atoms with E-state index < -0.39 is 0 Å². The predicted molar refractivity (Wildman–Crippen MR) is 85.8 cm³/mol. The molecule has 2 heterocycles. The van der Waals surface area contributed by atoms with Crippen LogP contribution in [0, 0.1) is 0 Å². The van der Waals surface area contributed by atoms with Gasteiger partial charge in [-0.2, -0.15) is 0 Å². The number of anilines is 1. The lowest BCUT2D eigenvalue weighted by atomic mass is 10.0. The zero-order valence-electron chi connectivity index (χ0n) is 12.3. The van der Waals surface area contributed by atoms with Crippen molar-refractivity contribution in [3.8, 4) is 0 Å². The Morgan fingerprint density at radius 3 is 2.95 bits per heavy atom. The largest absolute Gasteiger partial charge is 0.347 e. The van der Waals surface area contributed by atoms with E-state index in [1.807, 2.05) is 6.07 Å². The predicted octanol–water partition coefficient (Wildman–Crippen LogP) is 1.96. The topological polar surface area (TPSA) is 58.1 Å². The van der Waals surface area contributed by atoms with Crippen LogP contribution in [0.3, 0.4) is 0 Å². The molecule has 5 heteroatoms. The third-order valence-corrected chi connectivity index (χ3v) is 3.70. The number of carbonyl (C=O) groups is 1. The summed E-state index contributed by atoms with van der Waals surface area (Å²) in [6, 6.07) is 10.0. The molecule has 0 saturated heterocycles. The van der Waals surface area contributed by atoms with Gasteiger partial charge in [-0.1, -0.05) is 30.3 Å². The van der Waals surface area contributed by atoms with Crippen molar-refractivity contribution in [3.63, 3.8) is 0 Å². The molecule has 1 aliphatic rings. The third-order valence-electron chi connectivity index (χ3n) is 3.70. The minimum atomic E-state index is -0.207. The van der Waals surface area contributed by atoms with Crippen LogP contribution >= 0.6 is 0 Å². The van der Waals surface area contributed by atoms with Gasteiger partial charge in [0.2, 0.25) is 5.95 Å². The Morgan fingerprint density at radius 1 is 1.32 bits per heavy atom. The maximum absolute atomic E-state index is 12.0. The molecule has 1 aliphatic heterocycles. The first kappa shape index (κ1) is 14.3. The van der Waals surface area contributed by atoms with Crippen molar-refractivity contribution in [2.45, 2.75) is 13.0 Å². The molecule has 0 spiro atoms. The molecule has 22 heavy (non-hydrogen) atoms. The van der Waals surface area contributed by atoms with Gasteiger partial charge in [-0.25, -0.2) is 9.97 Å². The highest BCUT2D eigenvalue weighted by Crippen LogP contribution is 2.21. The summed E-state index contributed by atoms with van der Waals surface area (Å²) in [4.78, 5) is 22.8. The number of fused-ring (bicyclic) bond motifs is 1. The van der Waals surface area contributed by atoms with E-state index in [2.05, 4.69) is 45.0 Å². The van der Waals surface area contributed by atoms with Gasteiger partial charge < -0.3 is 10.2 Å². The molecule has 2 aromatic rings. The highest BCUT2D eigenvalue weighted by atomic mass is 16.1. The van der Waals surface area contributed by atoms with Crippen LogP contribution in [0.25, 0.3) is 0 Å². The Balaban J connectivity index is 1.78. The Kier molecular flexibility index (Phi) is 4.14. The molecular formula is C17H18N4O. The van der Waals surface area contributed by atoms with E-state index >= 15 is 0 Å². The average Bonchev–Trinajstić information content (AvgIpc) is 2.59. The summed E-state index contributed by atoms with van der Waals surface area (Å²) in [6.07, 6.45) is 4.24. The third kappa shape index (κ3) is 2.98. The van der Waals surface area contributed by atoms with E-state index in [0.717, 1.165) is 19.5 Å². The van der Waals surface area contributed by atoms with Crippen LogP contribution in [0.4, 0.5) is 5.95 Å². The van der Waals surface area contributed by atoms with Crippen molar-refractivity contribution in [2.24, 2.45) is 0 Å². The van der Waals surface area contributed by atoms with E-state index in [0.29, 0.717) is 18.2 Å². The second-order valence-electron chi connectivity index (χ2n) is 5.18. The summed E-state index contributed by atoms with van der Waals surface area (Å²) in [5.74, 6) is 0.390. The Morgan fingerprint density at radius 2 is 2.14 bits per heavy atom. The minimum Gasteiger partial charge on any atom is -0.347 e. The van der Waals surface area contributed by atoms with Crippen LogP contribution in [0.2, 0.25) is 0 Å². The van der Waals surface area contributed by atoms with Crippen LogP contribution in [0.15, 0.2) is 49.2 Å². The summed E-state index contributed by atoms with van der Waals surface area (Å²) in [5, 5.41) is 2.73. The maximum Gasteiger partial charge on any atom is 0.270 e. The first-order chi connectivity index (χ1) is 10.8. The number of nitrogens with zero attached hydrogens (tertiary/aromatic N) is 3. The fourth-order valence-corrected chi connectivity index (χ4v) is 2.55. The van der Waals surface area contributed by atoms with Crippen LogP contribution < -0.4 is 10.2 Å². The second kappa shape index (κ2) is 6.39. The first-order valence-corrected chi connectivity index (χ1v) is 7.32. The molecule has 0 bridgehead atoms. The summed E-state index contributed by atoms with van der Waals surface area (Å²) in [6.45, 7) is 5.64. The smallest absolute Gasteiger partial charge is 0.270 e. The second-order valence-corrected chi connectivity index (χ2v) is 5.18. The molecule has 112 valence electrons. The average molecular weight is 294 g/mol. The fourth-order valence-electron chi connectivity index (χ4n) is 2.55. The van der Waals surface area contributed by atoms with Crippen molar-refractivity contribution in [2.75, 3.05) is 18.0 Å². The summed E-state index contributed by atoms with van der Waals surface area (Å²) < 4.78 is 0. The van der Waals surface area contributed by atoms with Crippen LogP contribution in [0.1, 0.15) is 21.6 Å². The van der Waals surface area contributed by atoms with E-state index in [1.54, 1.807) is 18.3 Å². The van der Waals surface area contributed by atoms with Gasteiger partial charge in [0.1, 0.15) is 5.69 Å². The van der Waals surface area contributed by atoms with E-state index in [1.165, 1.54) is 11.1 Å². The lowest BCUT2D eigenvalue weighted by molar-refractivity contribution is 0.0953. The summed E-state index contributed by atoms with van der Waals surface area (Å²) in [5.41, 5.74) is 3.04. The quantitative estimate of drug-likeness (QED) is 0.876. The van der Waals surface area contributed by atoms with E-state index in [-0.39, 0.29) is 5.91 Å². The highest BCUT2D eigenvalue weighted by molar-refractivity contribution is 5.92. The maximum atomic E-state index is 12.0. The molecule has 1 N–H and O–H groups in total. The number of carbonyl (C=O) groups excluding carboxylic acids is 1. The lowest BCUT2D eigenvalue weighted by Gasteiger charge is -2.28.